The zero-order chi connectivity index (χ0) is 40.1. The summed E-state index contributed by atoms with van der Waals surface area (Å²) in [6, 6.07) is 91.7. The second-order valence-corrected chi connectivity index (χ2v) is 15.0. The molecule has 0 fully saturated rings. The summed E-state index contributed by atoms with van der Waals surface area (Å²) in [7, 11) is 0. The SMILES string of the molecule is c1ccc(-c2cccc(N(c3ccccc3)c3cc(-c4ccccc4)c4cc(-c5ccccc5)c(N(c5ccccc5)c5cccc(-c6ccccc6)c5)cc4c3)c2)cc1. The first-order valence-corrected chi connectivity index (χ1v) is 20.5. The molecule has 0 radical (unpaired) electrons. The van der Waals surface area contributed by atoms with Crippen molar-refractivity contribution < 1.29 is 0 Å². The highest BCUT2D eigenvalue weighted by molar-refractivity contribution is 6.07. The largest absolute Gasteiger partial charge is 0.310 e. The van der Waals surface area contributed by atoms with Gasteiger partial charge in [0, 0.05) is 34.0 Å². The van der Waals surface area contributed by atoms with E-state index in [1.54, 1.807) is 0 Å². The molecule has 0 bridgehead atoms. The van der Waals surface area contributed by atoms with Crippen molar-refractivity contribution in [2.75, 3.05) is 9.80 Å². The average Bonchev–Trinajstić information content (AvgIpc) is 3.33. The second-order valence-electron chi connectivity index (χ2n) is 15.0. The van der Waals surface area contributed by atoms with Crippen LogP contribution in [-0.4, -0.2) is 0 Å². The Balaban J connectivity index is 1.26. The fourth-order valence-corrected chi connectivity index (χ4v) is 8.34. The molecule has 10 aromatic rings. The van der Waals surface area contributed by atoms with Gasteiger partial charge in [-0.05, 0) is 123 Å². The molecule has 0 saturated heterocycles. The van der Waals surface area contributed by atoms with Crippen molar-refractivity contribution in [2.45, 2.75) is 0 Å². The van der Waals surface area contributed by atoms with Crippen molar-refractivity contribution in [2.24, 2.45) is 0 Å². The normalized spacial score (nSPS) is 11.0. The first kappa shape index (κ1) is 36.4. The Labute approximate surface area is 352 Å². The molecule has 0 spiro atoms. The van der Waals surface area contributed by atoms with Gasteiger partial charge in [-0.2, -0.15) is 0 Å². The number of hydrogen-bond acceptors (Lipinski definition) is 2. The van der Waals surface area contributed by atoms with Crippen molar-refractivity contribution in [3.05, 3.63) is 255 Å². The zero-order valence-electron chi connectivity index (χ0n) is 33.1. The number of benzene rings is 10. The Hall–Kier alpha value is -7.94. The van der Waals surface area contributed by atoms with E-state index in [1.165, 1.54) is 33.2 Å². The van der Waals surface area contributed by atoms with Gasteiger partial charge in [-0.25, -0.2) is 0 Å². The van der Waals surface area contributed by atoms with Crippen LogP contribution in [0.3, 0.4) is 0 Å². The summed E-state index contributed by atoms with van der Waals surface area (Å²) in [5.41, 5.74) is 15.9. The number of anilines is 6. The van der Waals surface area contributed by atoms with Gasteiger partial charge in [0.05, 0.1) is 5.69 Å². The molecule has 0 amide bonds. The first-order chi connectivity index (χ1) is 29.8. The van der Waals surface area contributed by atoms with Crippen LogP contribution < -0.4 is 9.80 Å². The smallest absolute Gasteiger partial charge is 0.0546 e. The van der Waals surface area contributed by atoms with E-state index in [1.807, 2.05) is 0 Å². The maximum absolute atomic E-state index is 2.42. The van der Waals surface area contributed by atoms with Crippen LogP contribution in [0.15, 0.2) is 255 Å². The molecular weight excluding hydrogens is 725 g/mol. The molecule has 10 aromatic carbocycles. The second kappa shape index (κ2) is 16.5. The number of para-hydroxylation sites is 2. The molecule has 0 N–H and O–H groups in total. The summed E-state index contributed by atoms with van der Waals surface area (Å²) in [4.78, 5) is 4.81. The topological polar surface area (TPSA) is 6.48 Å². The number of nitrogens with zero attached hydrogens (tertiary/aromatic N) is 2. The quantitative estimate of drug-likeness (QED) is 0.137. The van der Waals surface area contributed by atoms with Gasteiger partial charge in [0.15, 0.2) is 0 Å². The fourth-order valence-electron chi connectivity index (χ4n) is 8.34. The van der Waals surface area contributed by atoms with Gasteiger partial charge in [-0.15, -0.1) is 0 Å². The molecule has 10 rings (SSSR count). The molecular formula is C58H42N2. The molecule has 0 atom stereocenters. The maximum Gasteiger partial charge on any atom is 0.0546 e. The molecule has 0 saturated carbocycles. The lowest BCUT2D eigenvalue weighted by molar-refractivity contribution is 1.28. The summed E-state index contributed by atoms with van der Waals surface area (Å²) < 4.78 is 0. The number of fused-ring (bicyclic) bond motifs is 1. The molecule has 0 heterocycles. The molecule has 60 heavy (non-hydrogen) atoms. The third kappa shape index (κ3) is 7.35. The van der Waals surface area contributed by atoms with Crippen molar-refractivity contribution in [3.63, 3.8) is 0 Å². The fraction of sp³-hybridized carbons (Fsp3) is 0. The van der Waals surface area contributed by atoms with Crippen LogP contribution >= 0.6 is 0 Å². The Morgan fingerprint density at radius 3 is 1.10 bits per heavy atom. The minimum atomic E-state index is 1.08. The van der Waals surface area contributed by atoms with Gasteiger partial charge in [0.25, 0.3) is 0 Å². The third-order valence-corrected chi connectivity index (χ3v) is 11.2. The first-order valence-electron chi connectivity index (χ1n) is 20.5. The molecule has 0 aliphatic heterocycles. The van der Waals surface area contributed by atoms with E-state index in [4.69, 9.17) is 0 Å². The van der Waals surface area contributed by atoms with E-state index in [9.17, 15) is 0 Å². The van der Waals surface area contributed by atoms with E-state index in [0.29, 0.717) is 0 Å². The summed E-state index contributed by atoms with van der Waals surface area (Å²) in [5, 5.41) is 2.32. The Morgan fingerprint density at radius 1 is 0.217 bits per heavy atom. The van der Waals surface area contributed by atoms with E-state index in [-0.39, 0.29) is 0 Å². The van der Waals surface area contributed by atoms with Crippen LogP contribution in [0.1, 0.15) is 0 Å². The Kier molecular flexibility index (Phi) is 10.0. The summed E-state index contributed by atoms with van der Waals surface area (Å²) >= 11 is 0. The van der Waals surface area contributed by atoms with Crippen LogP contribution in [0.5, 0.6) is 0 Å². The van der Waals surface area contributed by atoms with Crippen LogP contribution in [-0.2, 0) is 0 Å². The van der Waals surface area contributed by atoms with Crippen molar-refractivity contribution in [3.8, 4) is 44.5 Å². The molecule has 2 nitrogen and oxygen atoms in total. The van der Waals surface area contributed by atoms with E-state index in [0.717, 1.165) is 56.2 Å². The van der Waals surface area contributed by atoms with Gasteiger partial charge in [-0.3, -0.25) is 0 Å². The highest BCUT2D eigenvalue weighted by Gasteiger charge is 2.22. The molecule has 0 aromatic heterocycles. The van der Waals surface area contributed by atoms with Crippen molar-refractivity contribution in [1.82, 2.24) is 0 Å². The summed E-state index contributed by atoms with van der Waals surface area (Å²) in [5.74, 6) is 0. The van der Waals surface area contributed by atoms with Gasteiger partial charge < -0.3 is 9.80 Å². The predicted octanol–water partition coefficient (Wildman–Crippen LogP) is 16.4. The molecule has 2 heteroatoms. The monoisotopic (exact) mass is 766 g/mol. The van der Waals surface area contributed by atoms with Gasteiger partial charge in [-0.1, -0.05) is 182 Å². The minimum Gasteiger partial charge on any atom is -0.310 e. The van der Waals surface area contributed by atoms with Crippen LogP contribution in [0.4, 0.5) is 34.1 Å². The lowest BCUT2D eigenvalue weighted by atomic mass is 9.91. The Morgan fingerprint density at radius 2 is 0.600 bits per heavy atom. The predicted molar refractivity (Wildman–Crippen MR) is 255 cm³/mol. The highest BCUT2D eigenvalue weighted by atomic mass is 15.2. The Bertz CT molecular complexity index is 3000. The van der Waals surface area contributed by atoms with Crippen molar-refractivity contribution >= 4 is 44.9 Å². The summed E-state index contributed by atoms with van der Waals surface area (Å²) in [6.07, 6.45) is 0. The van der Waals surface area contributed by atoms with Crippen LogP contribution in [0.25, 0.3) is 55.3 Å². The molecule has 0 aliphatic carbocycles. The number of hydrogen-bond donors (Lipinski definition) is 0. The molecule has 0 aliphatic rings. The van der Waals surface area contributed by atoms with Gasteiger partial charge >= 0.3 is 0 Å². The average molecular weight is 767 g/mol. The zero-order valence-corrected chi connectivity index (χ0v) is 33.1. The highest BCUT2D eigenvalue weighted by Crippen LogP contribution is 2.47. The lowest BCUT2D eigenvalue weighted by Gasteiger charge is -2.30. The van der Waals surface area contributed by atoms with Gasteiger partial charge in [0.1, 0.15) is 0 Å². The molecule has 284 valence electrons. The van der Waals surface area contributed by atoms with E-state index in [2.05, 4.69) is 265 Å². The van der Waals surface area contributed by atoms with Crippen LogP contribution in [0.2, 0.25) is 0 Å². The molecule has 0 unspecified atom stereocenters. The minimum absolute atomic E-state index is 1.08. The van der Waals surface area contributed by atoms with E-state index < -0.39 is 0 Å². The standard InChI is InChI=1S/C58H42N2/c1-7-21-43(22-8-1)47-29-19-35-52(37-47)59(50-31-15-5-16-32-50)54-39-49-40-58(57(46-27-13-4-14-28-46)42-56(49)55(41-54)45-25-11-3-12-26-45)60(51-33-17-6-18-34-51)53-36-20-30-48(38-53)44-23-9-2-10-24-44/h1-42H. The number of rotatable bonds is 10. The summed E-state index contributed by atoms with van der Waals surface area (Å²) in [6.45, 7) is 0. The lowest BCUT2D eigenvalue weighted by Crippen LogP contribution is -2.12. The van der Waals surface area contributed by atoms with Gasteiger partial charge in [0.2, 0.25) is 0 Å². The van der Waals surface area contributed by atoms with Crippen molar-refractivity contribution in [1.29, 1.82) is 0 Å². The maximum atomic E-state index is 2.42. The van der Waals surface area contributed by atoms with E-state index >= 15 is 0 Å². The third-order valence-electron chi connectivity index (χ3n) is 11.2. The van der Waals surface area contributed by atoms with Crippen LogP contribution in [0, 0.1) is 0 Å².